The predicted molar refractivity (Wildman–Crippen MR) is 94.8 cm³/mol. The lowest BCUT2D eigenvalue weighted by Crippen LogP contribution is -2.39. The molecular formula is C19H19ClN2O2. The summed E-state index contributed by atoms with van der Waals surface area (Å²) in [5, 5.41) is 6.32. The molecule has 0 radical (unpaired) electrons. The van der Waals surface area contributed by atoms with Crippen LogP contribution in [0.4, 0.5) is 5.69 Å². The second-order valence-electron chi connectivity index (χ2n) is 6.13. The molecule has 0 atom stereocenters. The maximum Gasteiger partial charge on any atom is 0.240 e. The third-order valence-electron chi connectivity index (χ3n) is 4.41. The van der Waals surface area contributed by atoms with E-state index in [1.54, 1.807) is 6.07 Å². The van der Waals surface area contributed by atoms with Gasteiger partial charge in [0.1, 0.15) is 5.41 Å². The number of hydrogen-bond acceptors (Lipinski definition) is 2. The van der Waals surface area contributed by atoms with E-state index in [0.29, 0.717) is 24.4 Å². The molecule has 4 nitrogen and oxygen atoms in total. The molecule has 1 fully saturated rings. The second-order valence-corrected chi connectivity index (χ2v) is 6.53. The Kier molecular flexibility index (Phi) is 4.58. The molecular weight excluding hydrogens is 324 g/mol. The zero-order chi connectivity index (χ0) is 17.2. The number of para-hydroxylation sites is 1. The first-order chi connectivity index (χ1) is 11.5. The zero-order valence-corrected chi connectivity index (χ0v) is 14.2. The maximum atomic E-state index is 12.6. The minimum Gasteiger partial charge on any atom is -0.351 e. The Hall–Kier alpha value is -2.33. The van der Waals surface area contributed by atoms with Crippen LogP contribution < -0.4 is 10.6 Å². The Morgan fingerprint density at radius 1 is 1.04 bits per heavy atom. The van der Waals surface area contributed by atoms with E-state index >= 15 is 0 Å². The maximum absolute atomic E-state index is 12.6. The molecule has 0 spiro atoms. The molecule has 124 valence electrons. The Morgan fingerprint density at radius 2 is 1.71 bits per heavy atom. The minimum atomic E-state index is -0.955. The van der Waals surface area contributed by atoms with Gasteiger partial charge in [0.05, 0.1) is 0 Å². The smallest absolute Gasteiger partial charge is 0.240 e. The molecule has 1 saturated carbocycles. The average molecular weight is 343 g/mol. The van der Waals surface area contributed by atoms with Crippen LogP contribution in [0.15, 0.2) is 48.5 Å². The quantitative estimate of drug-likeness (QED) is 0.814. The van der Waals surface area contributed by atoms with Gasteiger partial charge in [-0.2, -0.15) is 0 Å². The van der Waals surface area contributed by atoms with Crippen molar-refractivity contribution < 1.29 is 9.59 Å². The highest BCUT2D eigenvalue weighted by molar-refractivity contribution is 6.31. The van der Waals surface area contributed by atoms with Crippen molar-refractivity contribution in [2.45, 2.75) is 26.3 Å². The Labute approximate surface area is 146 Å². The van der Waals surface area contributed by atoms with Crippen LogP contribution in [0.25, 0.3) is 0 Å². The van der Waals surface area contributed by atoms with Crippen LogP contribution in [0.5, 0.6) is 0 Å². The van der Waals surface area contributed by atoms with Crippen molar-refractivity contribution in [2.24, 2.45) is 5.41 Å². The largest absolute Gasteiger partial charge is 0.351 e. The summed E-state index contributed by atoms with van der Waals surface area (Å²) in [6.07, 6.45) is 1.14. The molecule has 2 aromatic carbocycles. The molecule has 3 rings (SSSR count). The van der Waals surface area contributed by atoms with Gasteiger partial charge in [0.25, 0.3) is 0 Å². The molecule has 0 aromatic heterocycles. The summed E-state index contributed by atoms with van der Waals surface area (Å²) >= 11 is 6.09. The van der Waals surface area contributed by atoms with E-state index in [1.807, 2.05) is 49.4 Å². The van der Waals surface area contributed by atoms with E-state index in [0.717, 1.165) is 16.8 Å². The molecule has 1 aliphatic carbocycles. The van der Waals surface area contributed by atoms with Gasteiger partial charge in [-0.25, -0.2) is 0 Å². The number of rotatable bonds is 5. The fourth-order valence-electron chi connectivity index (χ4n) is 2.62. The van der Waals surface area contributed by atoms with E-state index in [1.165, 1.54) is 0 Å². The zero-order valence-electron chi connectivity index (χ0n) is 13.4. The van der Waals surface area contributed by atoms with Crippen LogP contribution >= 0.6 is 11.6 Å². The third kappa shape index (κ3) is 3.29. The van der Waals surface area contributed by atoms with Crippen molar-refractivity contribution in [3.05, 3.63) is 64.7 Å². The summed E-state index contributed by atoms with van der Waals surface area (Å²) in [5.74, 6) is -0.484. The van der Waals surface area contributed by atoms with Crippen LogP contribution in [0.1, 0.15) is 24.0 Å². The molecule has 0 unspecified atom stereocenters. The topological polar surface area (TPSA) is 58.2 Å². The number of benzene rings is 2. The molecule has 2 aromatic rings. The van der Waals surface area contributed by atoms with E-state index in [9.17, 15) is 9.59 Å². The van der Waals surface area contributed by atoms with Gasteiger partial charge in [0.15, 0.2) is 0 Å². The molecule has 2 N–H and O–H groups in total. The van der Waals surface area contributed by atoms with Crippen LogP contribution in [0, 0.1) is 12.3 Å². The summed E-state index contributed by atoms with van der Waals surface area (Å²) in [6.45, 7) is 2.24. The number of carbonyl (C=O) groups excluding carboxylic acids is 2. The summed E-state index contributed by atoms with van der Waals surface area (Å²) in [6, 6.07) is 14.9. The highest BCUT2D eigenvalue weighted by atomic mass is 35.5. The van der Waals surface area contributed by atoms with Gasteiger partial charge in [0, 0.05) is 17.3 Å². The second kappa shape index (κ2) is 6.65. The molecule has 0 aliphatic heterocycles. The highest BCUT2D eigenvalue weighted by Crippen LogP contribution is 2.47. The van der Waals surface area contributed by atoms with Crippen LogP contribution in [-0.2, 0) is 16.1 Å². The number of halogens is 1. The lowest BCUT2D eigenvalue weighted by Gasteiger charge is -2.16. The molecule has 0 bridgehead atoms. The molecule has 5 heteroatoms. The van der Waals surface area contributed by atoms with Crippen molar-refractivity contribution >= 4 is 29.1 Å². The van der Waals surface area contributed by atoms with E-state index < -0.39 is 5.41 Å². The van der Waals surface area contributed by atoms with Crippen LogP contribution in [0.3, 0.4) is 0 Å². The van der Waals surface area contributed by atoms with Gasteiger partial charge >= 0.3 is 0 Å². The normalized spacial score (nSPS) is 14.8. The summed E-state index contributed by atoms with van der Waals surface area (Å²) in [7, 11) is 0. The van der Waals surface area contributed by atoms with Gasteiger partial charge in [-0.1, -0.05) is 48.0 Å². The van der Waals surface area contributed by atoms with E-state index in [-0.39, 0.29) is 11.8 Å². The van der Waals surface area contributed by atoms with Crippen molar-refractivity contribution in [3.63, 3.8) is 0 Å². The first-order valence-corrected chi connectivity index (χ1v) is 8.29. The minimum absolute atomic E-state index is 0.242. The SMILES string of the molecule is Cc1ccccc1NC(=O)C1(C(=O)NCc2ccccc2Cl)CC1. The number of anilines is 1. The van der Waals surface area contributed by atoms with Crippen molar-refractivity contribution in [1.29, 1.82) is 0 Å². The molecule has 0 heterocycles. The van der Waals surface area contributed by atoms with Gasteiger partial charge in [-0.15, -0.1) is 0 Å². The number of hydrogen-bond donors (Lipinski definition) is 2. The van der Waals surface area contributed by atoms with Gasteiger partial charge in [-0.3, -0.25) is 9.59 Å². The third-order valence-corrected chi connectivity index (χ3v) is 4.78. The standard InChI is InChI=1S/C19H19ClN2O2/c1-13-6-2-5-9-16(13)22-18(24)19(10-11-19)17(23)21-12-14-7-3-4-8-15(14)20/h2-9H,10-12H2,1H3,(H,21,23)(H,22,24). The summed E-state index contributed by atoms with van der Waals surface area (Å²) in [5.41, 5.74) is 1.59. The fourth-order valence-corrected chi connectivity index (χ4v) is 2.83. The molecule has 2 amide bonds. The number of aryl methyl sites for hydroxylation is 1. The highest BCUT2D eigenvalue weighted by Gasteiger charge is 2.56. The Bertz CT molecular complexity index is 784. The van der Waals surface area contributed by atoms with Crippen molar-refractivity contribution in [1.82, 2.24) is 5.32 Å². The van der Waals surface area contributed by atoms with Gasteiger partial charge in [-0.05, 0) is 43.0 Å². The Morgan fingerprint density at radius 3 is 2.38 bits per heavy atom. The molecule has 0 saturated heterocycles. The first-order valence-electron chi connectivity index (χ1n) is 7.92. The van der Waals surface area contributed by atoms with E-state index in [2.05, 4.69) is 10.6 Å². The number of carbonyl (C=O) groups is 2. The summed E-state index contributed by atoms with van der Waals surface area (Å²) < 4.78 is 0. The van der Waals surface area contributed by atoms with Crippen molar-refractivity contribution in [3.8, 4) is 0 Å². The fraction of sp³-hybridized carbons (Fsp3) is 0.263. The lowest BCUT2D eigenvalue weighted by molar-refractivity contribution is -0.134. The van der Waals surface area contributed by atoms with Crippen LogP contribution in [0.2, 0.25) is 5.02 Å². The van der Waals surface area contributed by atoms with E-state index in [4.69, 9.17) is 11.6 Å². The predicted octanol–water partition coefficient (Wildman–Crippen LogP) is 3.68. The average Bonchev–Trinajstić information content (AvgIpc) is 3.38. The van der Waals surface area contributed by atoms with Crippen LogP contribution in [-0.4, -0.2) is 11.8 Å². The van der Waals surface area contributed by atoms with Gasteiger partial charge in [0.2, 0.25) is 11.8 Å². The van der Waals surface area contributed by atoms with Crippen molar-refractivity contribution in [2.75, 3.05) is 5.32 Å². The molecule has 24 heavy (non-hydrogen) atoms. The lowest BCUT2D eigenvalue weighted by atomic mass is 10.0. The first kappa shape index (κ1) is 16.5. The van der Waals surface area contributed by atoms with Gasteiger partial charge < -0.3 is 10.6 Å². The number of nitrogens with one attached hydrogen (secondary N) is 2. The Balaban J connectivity index is 1.65. The monoisotopic (exact) mass is 342 g/mol. The molecule has 1 aliphatic rings. The number of amides is 2. The summed E-state index contributed by atoms with van der Waals surface area (Å²) in [4.78, 5) is 25.1.